The Balaban J connectivity index is 2.05. The van der Waals surface area contributed by atoms with Crippen LogP contribution in [0.4, 0.5) is 11.4 Å². The molecule has 2 aromatic carbocycles. The molecule has 39 heavy (non-hydrogen) atoms. The van der Waals surface area contributed by atoms with Gasteiger partial charge >= 0.3 is 253 Å². The van der Waals surface area contributed by atoms with E-state index in [1.54, 1.807) is 6.20 Å². The summed E-state index contributed by atoms with van der Waals surface area (Å²) in [6, 6.07) is 16.9. The summed E-state index contributed by atoms with van der Waals surface area (Å²) in [6.07, 6.45) is 6.05. The Bertz CT molecular complexity index is 1220. The molecule has 0 saturated heterocycles. The Labute approximate surface area is 251 Å². The number of pyridine rings is 1. The Morgan fingerprint density at radius 2 is 1.03 bits per heavy atom. The van der Waals surface area contributed by atoms with E-state index in [4.69, 9.17) is 30.7 Å². The summed E-state index contributed by atoms with van der Waals surface area (Å²) in [4.78, 5) is 9.30. The number of hydrogen-bond acceptors (Lipinski definition) is 3. The van der Waals surface area contributed by atoms with E-state index in [0.717, 1.165) is 0 Å². The van der Waals surface area contributed by atoms with E-state index in [2.05, 4.69) is 119 Å². The summed E-state index contributed by atoms with van der Waals surface area (Å²) in [5.41, 5.74) is 7.43. The van der Waals surface area contributed by atoms with Gasteiger partial charge in [-0.25, -0.2) is 0 Å². The van der Waals surface area contributed by atoms with Crippen molar-refractivity contribution in [3.8, 4) is 0 Å². The predicted molar refractivity (Wildman–Crippen MR) is 168 cm³/mol. The molecule has 0 aliphatic carbocycles. The minimum absolute atomic E-state index is 0.317. The van der Waals surface area contributed by atoms with E-state index >= 15 is 0 Å². The quantitative estimate of drug-likeness (QED) is 0.221. The van der Waals surface area contributed by atoms with Crippen LogP contribution in [0.1, 0.15) is 101 Å². The van der Waals surface area contributed by atoms with E-state index in [1.165, 1.54) is 33.6 Å². The summed E-state index contributed by atoms with van der Waals surface area (Å²) in [5.74, 6) is 1.27. The number of para-hydroxylation sites is 2. The molecule has 0 saturated carbocycles. The molecule has 0 unspecified atom stereocenters. The van der Waals surface area contributed by atoms with Gasteiger partial charge in [0.25, 0.3) is 0 Å². The molecule has 0 amide bonds. The zero-order valence-electron chi connectivity index (χ0n) is 24.0. The second kappa shape index (κ2) is 12.1. The van der Waals surface area contributed by atoms with Crippen molar-refractivity contribution in [1.82, 2.24) is 4.98 Å². The second-order valence-electron chi connectivity index (χ2n) is 11.2. The first-order chi connectivity index (χ1) is 18.4. The molecular formula is C32H40Cl3N3Pd-2. The molecule has 2 heterocycles. The summed E-state index contributed by atoms with van der Waals surface area (Å²) in [7, 11) is 15.3. The third-order valence-corrected chi connectivity index (χ3v) is 13.9. The first kappa shape index (κ1) is 30.4. The SMILES string of the molecule is CC(C)c1cccc(C(C)C)c1N1C=CN(c2c(C(C)C)cccc2C(C)C)[CH]1[Pd-2]([Cl])([Cl])[c]1ncccc1Cl. The van der Waals surface area contributed by atoms with Gasteiger partial charge in [-0.3, -0.25) is 0 Å². The molecule has 7 heteroatoms. The number of anilines is 2. The zero-order valence-corrected chi connectivity index (χ0v) is 27.9. The van der Waals surface area contributed by atoms with Crippen LogP contribution in [-0.4, -0.2) is 9.62 Å². The molecule has 0 atom stereocenters. The van der Waals surface area contributed by atoms with Gasteiger partial charge in [0, 0.05) is 0 Å². The summed E-state index contributed by atoms with van der Waals surface area (Å²) in [6.45, 7) is 17.9. The number of aromatic nitrogens is 1. The topological polar surface area (TPSA) is 19.4 Å². The normalized spacial score (nSPS) is 15.1. The maximum absolute atomic E-state index is 7.64. The Kier molecular flexibility index (Phi) is 9.47. The second-order valence-corrected chi connectivity index (χ2v) is 20.3. The van der Waals surface area contributed by atoms with Crippen LogP contribution < -0.4 is 14.0 Å². The molecule has 1 aliphatic heterocycles. The monoisotopic (exact) mass is 677 g/mol. The number of nitrogens with zero attached hydrogens (tertiary/aromatic N) is 3. The van der Waals surface area contributed by atoms with Crippen molar-refractivity contribution in [1.29, 1.82) is 0 Å². The number of halogens is 3. The van der Waals surface area contributed by atoms with Crippen molar-refractivity contribution in [2.75, 3.05) is 9.80 Å². The van der Waals surface area contributed by atoms with Crippen molar-refractivity contribution >= 4 is 46.2 Å². The summed E-state index contributed by atoms with van der Waals surface area (Å²) in [5, 5.41) is 0.508. The van der Waals surface area contributed by atoms with Crippen molar-refractivity contribution < 1.29 is 13.5 Å². The zero-order chi connectivity index (χ0) is 28.6. The maximum atomic E-state index is 7.64. The van der Waals surface area contributed by atoms with Gasteiger partial charge < -0.3 is 0 Å². The Morgan fingerprint density at radius 3 is 1.36 bits per heavy atom. The molecular weight excluding hydrogens is 639 g/mol. The fraction of sp³-hybridized carbons (Fsp3) is 0.406. The van der Waals surface area contributed by atoms with Gasteiger partial charge in [0.05, 0.1) is 0 Å². The van der Waals surface area contributed by atoms with E-state index in [0.29, 0.717) is 32.9 Å². The van der Waals surface area contributed by atoms with Crippen LogP contribution in [-0.2, 0) is 13.5 Å². The van der Waals surface area contributed by atoms with Gasteiger partial charge in [-0.05, 0) is 0 Å². The van der Waals surface area contributed by atoms with Gasteiger partial charge in [0.15, 0.2) is 0 Å². The van der Waals surface area contributed by atoms with Gasteiger partial charge in [-0.15, -0.1) is 0 Å². The molecule has 216 valence electrons. The van der Waals surface area contributed by atoms with Gasteiger partial charge in [-0.2, -0.15) is 0 Å². The number of hydrogen-bond donors (Lipinski definition) is 0. The molecule has 3 nitrogen and oxygen atoms in total. The number of benzene rings is 2. The van der Waals surface area contributed by atoms with E-state index in [-0.39, 0.29) is 4.64 Å². The molecule has 3 aromatic rings. The molecule has 0 radical (unpaired) electrons. The standard InChI is InChI=1S/C27H37N2.C5H3ClN.2ClH.Pd/c1-18(2)22-11-9-12-23(19(3)4)26(22)28-15-16-29(17-28)27-24(20(5)6)13-10-14-25(27)21(7)8;6-5-2-1-3-7-4-5;;;/h9-21H,1-8H3;1-3H;2*1H;/p-2. The molecule has 0 N–H and O–H groups in total. The molecule has 4 rings (SSSR count). The van der Waals surface area contributed by atoms with Crippen molar-refractivity contribution in [2.24, 2.45) is 0 Å². The fourth-order valence-corrected chi connectivity index (χ4v) is 12.1. The Morgan fingerprint density at radius 1 is 0.641 bits per heavy atom. The molecule has 1 aliphatic rings. The third kappa shape index (κ3) is 5.79. The van der Waals surface area contributed by atoms with E-state index in [1.807, 2.05) is 12.1 Å². The summed E-state index contributed by atoms with van der Waals surface area (Å²) >= 11 is 3.17. The van der Waals surface area contributed by atoms with Gasteiger partial charge in [0.2, 0.25) is 0 Å². The van der Waals surface area contributed by atoms with Crippen LogP contribution in [0, 0.1) is 0 Å². The summed E-state index contributed by atoms with van der Waals surface area (Å²) < 4.78 is 0.206. The van der Waals surface area contributed by atoms with Crippen molar-refractivity contribution in [3.05, 3.63) is 94.4 Å². The third-order valence-electron chi connectivity index (χ3n) is 7.11. The van der Waals surface area contributed by atoms with E-state index in [9.17, 15) is 0 Å². The first-order valence-corrected chi connectivity index (χ1v) is 19.6. The van der Waals surface area contributed by atoms with Crippen LogP contribution in [0.3, 0.4) is 0 Å². The molecule has 0 spiro atoms. The first-order valence-electron chi connectivity index (χ1n) is 13.5. The van der Waals surface area contributed by atoms with Crippen LogP contribution >= 0.6 is 30.7 Å². The van der Waals surface area contributed by atoms with Crippen LogP contribution in [0.15, 0.2) is 67.1 Å². The molecule has 0 bridgehead atoms. The fourth-order valence-electron chi connectivity index (χ4n) is 5.19. The molecule has 1 aromatic heterocycles. The van der Waals surface area contributed by atoms with Gasteiger partial charge in [-0.1, -0.05) is 0 Å². The number of rotatable bonds is 8. The van der Waals surface area contributed by atoms with E-state index < -0.39 is 13.5 Å². The molecule has 0 fully saturated rings. The predicted octanol–water partition coefficient (Wildman–Crippen LogP) is 10.1. The van der Waals surface area contributed by atoms with Crippen molar-refractivity contribution in [2.45, 2.75) is 83.7 Å². The Hall–Kier alpha value is -1.54. The van der Waals surface area contributed by atoms with Crippen LogP contribution in [0.25, 0.3) is 0 Å². The average Bonchev–Trinajstić information content (AvgIpc) is 3.33. The average molecular weight is 679 g/mol. The van der Waals surface area contributed by atoms with Gasteiger partial charge in [0.1, 0.15) is 0 Å². The minimum atomic E-state index is -3.58. The van der Waals surface area contributed by atoms with Crippen LogP contribution in [0.2, 0.25) is 5.02 Å². The van der Waals surface area contributed by atoms with Crippen LogP contribution in [0.5, 0.6) is 0 Å². The van der Waals surface area contributed by atoms with Crippen molar-refractivity contribution in [3.63, 3.8) is 0 Å².